The van der Waals surface area contributed by atoms with Gasteiger partial charge in [-0.25, -0.2) is 0 Å². The van der Waals surface area contributed by atoms with Crippen LogP contribution in [-0.4, -0.2) is 55.4 Å². The predicted molar refractivity (Wildman–Crippen MR) is 72.8 cm³/mol. The van der Waals surface area contributed by atoms with Gasteiger partial charge in [-0.3, -0.25) is 4.79 Å². The van der Waals surface area contributed by atoms with Crippen molar-refractivity contribution in [1.29, 1.82) is 0 Å². The van der Waals surface area contributed by atoms with Crippen molar-refractivity contribution in [2.75, 3.05) is 26.3 Å². The van der Waals surface area contributed by atoms with Crippen LogP contribution in [0.2, 0.25) is 0 Å². The molecule has 0 aromatic carbocycles. The fraction of sp³-hybridized carbons (Fsp3) is 0.929. The number of carbonyl (C=O) groups excluding carboxylic acids is 1. The molecule has 2 rings (SSSR count). The van der Waals surface area contributed by atoms with Crippen molar-refractivity contribution >= 4 is 5.91 Å². The molecule has 1 unspecified atom stereocenters. The van der Waals surface area contributed by atoms with Gasteiger partial charge in [0.15, 0.2) is 0 Å². The van der Waals surface area contributed by atoms with Gasteiger partial charge in [0.1, 0.15) is 0 Å². The van der Waals surface area contributed by atoms with E-state index in [9.17, 15) is 4.79 Å². The molecule has 5 nitrogen and oxygen atoms in total. The van der Waals surface area contributed by atoms with Crippen LogP contribution in [0.5, 0.6) is 0 Å². The van der Waals surface area contributed by atoms with Crippen molar-refractivity contribution < 1.29 is 14.3 Å². The van der Waals surface area contributed by atoms with Crippen molar-refractivity contribution in [1.82, 2.24) is 4.90 Å². The molecule has 5 heteroatoms. The third kappa shape index (κ3) is 4.44. The smallest absolute Gasteiger partial charge is 0.239 e. The Labute approximate surface area is 115 Å². The highest BCUT2D eigenvalue weighted by molar-refractivity contribution is 5.81. The van der Waals surface area contributed by atoms with Gasteiger partial charge < -0.3 is 20.1 Å². The summed E-state index contributed by atoms with van der Waals surface area (Å²) in [7, 11) is 0. The maximum absolute atomic E-state index is 11.7. The number of likely N-dealkylation sites (tertiary alicyclic amines) is 1. The van der Waals surface area contributed by atoms with E-state index in [1.54, 1.807) is 6.92 Å². The first-order valence-corrected chi connectivity index (χ1v) is 7.44. The zero-order valence-electron chi connectivity index (χ0n) is 11.8. The number of nitrogens with zero attached hydrogens (tertiary/aromatic N) is 1. The first-order valence-electron chi connectivity index (χ1n) is 7.44. The van der Waals surface area contributed by atoms with Crippen LogP contribution in [0, 0.1) is 0 Å². The monoisotopic (exact) mass is 270 g/mol. The lowest BCUT2D eigenvalue weighted by Crippen LogP contribution is -2.47. The van der Waals surface area contributed by atoms with E-state index in [-0.39, 0.29) is 18.1 Å². The minimum Gasteiger partial charge on any atom is -0.376 e. The Morgan fingerprint density at radius 2 is 2.11 bits per heavy atom. The topological polar surface area (TPSA) is 64.8 Å². The van der Waals surface area contributed by atoms with Gasteiger partial charge in [-0.1, -0.05) is 0 Å². The standard InChI is InChI=1S/C14H26N2O3/c1-11(15)14(17)16-7-5-12(6-8-16)19-10-13-4-2-3-9-18-13/h11-13H,2-10,15H2,1H3/t11-,13?/m1/s1. The van der Waals surface area contributed by atoms with Crippen LogP contribution in [0.25, 0.3) is 0 Å². The lowest BCUT2D eigenvalue weighted by atomic mass is 10.1. The number of hydrogen-bond donors (Lipinski definition) is 1. The predicted octanol–water partition coefficient (Wildman–Crippen LogP) is 0.910. The van der Waals surface area contributed by atoms with E-state index in [0.717, 1.165) is 39.0 Å². The van der Waals surface area contributed by atoms with Crippen molar-refractivity contribution in [2.45, 2.75) is 57.3 Å². The second-order valence-corrected chi connectivity index (χ2v) is 5.64. The number of hydrogen-bond acceptors (Lipinski definition) is 4. The van der Waals surface area contributed by atoms with E-state index >= 15 is 0 Å². The third-order valence-electron chi connectivity index (χ3n) is 3.93. The van der Waals surface area contributed by atoms with Crippen LogP contribution in [0.1, 0.15) is 39.0 Å². The number of carbonyl (C=O) groups is 1. The molecule has 19 heavy (non-hydrogen) atoms. The molecule has 1 amide bonds. The van der Waals surface area contributed by atoms with Gasteiger partial charge in [-0.15, -0.1) is 0 Å². The molecule has 2 atom stereocenters. The summed E-state index contributed by atoms with van der Waals surface area (Å²) < 4.78 is 11.6. The van der Waals surface area contributed by atoms with Crippen molar-refractivity contribution in [2.24, 2.45) is 5.73 Å². The molecule has 0 aliphatic carbocycles. The molecule has 2 fully saturated rings. The molecule has 110 valence electrons. The van der Waals surface area contributed by atoms with E-state index in [1.807, 2.05) is 4.90 Å². The summed E-state index contributed by atoms with van der Waals surface area (Å²) in [5.41, 5.74) is 5.62. The van der Waals surface area contributed by atoms with Crippen LogP contribution in [0.4, 0.5) is 0 Å². The number of rotatable bonds is 4. The lowest BCUT2D eigenvalue weighted by Gasteiger charge is -2.34. The van der Waals surface area contributed by atoms with Gasteiger partial charge >= 0.3 is 0 Å². The molecule has 0 radical (unpaired) electrons. The third-order valence-corrected chi connectivity index (χ3v) is 3.93. The van der Waals surface area contributed by atoms with Gasteiger partial charge in [0.25, 0.3) is 0 Å². The Morgan fingerprint density at radius 1 is 1.37 bits per heavy atom. The minimum absolute atomic E-state index is 0.0501. The van der Waals surface area contributed by atoms with Crippen LogP contribution >= 0.6 is 0 Å². The summed E-state index contributed by atoms with van der Waals surface area (Å²) in [5.74, 6) is 0.0501. The highest BCUT2D eigenvalue weighted by Gasteiger charge is 2.25. The number of piperidine rings is 1. The molecular weight excluding hydrogens is 244 g/mol. The highest BCUT2D eigenvalue weighted by atomic mass is 16.5. The highest BCUT2D eigenvalue weighted by Crippen LogP contribution is 2.18. The van der Waals surface area contributed by atoms with Crippen molar-refractivity contribution in [3.63, 3.8) is 0 Å². The summed E-state index contributed by atoms with van der Waals surface area (Å²) in [5, 5.41) is 0. The number of nitrogens with two attached hydrogens (primary N) is 1. The summed E-state index contributed by atoms with van der Waals surface area (Å²) >= 11 is 0. The summed E-state index contributed by atoms with van der Waals surface area (Å²) in [4.78, 5) is 13.6. The number of ether oxygens (including phenoxy) is 2. The first-order chi connectivity index (χ1) is 9.16. The lowest BCUT2D eigenvalue weighted by molar-refractivity contribution is -0.135. The molecule has 2 heterocycles. The maximum Gasteiger partial charge on any atom is 0.239 e. The van der Waals surface area contributed by atoms with Crippen LogP contribution in [0.15, 0.2) is 0 Å². The zero-order valence-corrected chi connectivity index (χ0v) is 11.8. The average molecular weight is 270 g/mol. The summed E-state index contributed by atoms with van der Waals surface area (Å²) in [6, 6.07) is -0.395. The van der Waals surface area contributed by atoms with E-state index in [0.29, 0.717) is 6.61 Å². The van der Waals surface area contributed by atoms with E-state index in [2.05, 4.69) is 0 Å². The largest absolute Gasteiger partial charge is 0.376 e. The van der Waals surface area contributed by atoms with E-state index < -0.39 is 6.04 Å². The fourth-order valence-electron chi connectivity index (χ4n) is 2.71. The van der Waals surface area contributed by atoms with Crippen LogP contribution < -0.4 is 5.73 Å². The van der Waals surface area contributed by atoms with Crippen molar-refractivity contribution in [3.8, 4) is 0 Å². The second-order valence-electron chi connectivity index (χ2n) is 5.64. The van der Waals surface area contributed by atoms with Gasteiger partial charge in [-0.05, 0) is 39.0 Å². The Morgan fingerprint density at radius 3 is 2.68 bits per heavy atom. The summed E-state index contributed by atoms with van der Waals surface area (Å²) in [6.07, 6.45) is 5.89. The SMILES string of the molecule is C[C@@H](N)C(=O)N1CCC(OCC2CCCCO2)CC1. The molecule has 2 N–H and O–H groups in total. The Hall–Kier alpha value is -0.650. The Bertz CT molecular complexity index is 282. The minimum atomic E-state index is -0.395. The number of amides is 1. The Balaban J connectivity index is 1.64. The second kappa shape index (κ2) is 7.22. The fourth-order valence-corrected chi connectivity index (χ4v) is 2.71. The molecular formula is C14H26N2O3. The molecule has 0 saturated carbocycles. The molecule has 0 bridgehead atoms. The van der Waals surface area contributed by atoms with Crippen molar-refractivity contribution in [3.05, 3.63) is 0 Å². The van der Waals surface area contributed by atoms with Gasteiger partial charge in [0, 0.05) is 19.7 Å². The molecule has 2 aliphatic rings. The zero-order chi connectivity index (χ0) is 13.7. The quantitative estimate of drug-likeness (QED) is 0.824. The van der Waals surface area contributed by atoms with Crippen LogP contribution in [-0.2, 0) is 14.3 Å². The normalized spacial score (nSPS) is 27.3. The molecule has 2 saturated heterocycles. The molecule has 0 spiro atoms. The van der Waals surface area contributed by atoms with E-state index in [4.69, 9.17) is 15.2 Å². The van der Waals surface area contributed by atoms with Gasteiger partial charge in [-0.2, -0.15) is 0 Å². The molecule has 0 aromatic rings. The Kier molecular flexibility index (Phi) is 5.60. The van der Waals surface area contributed by atoms with Gasteiger partial charge in [0.2, 0.25) is 5.91 Å². The molecule has 0 aromatic heterocycles. The first kappa shape index (κ1) is 14.8. The van der Waals surface area contributed by atoms with Crippen LogP contribution in [0.3, 0.4) is 0 Å². The molecule has 2 aliphatic heterocycles. The van der Waals surface area contributed by atoms with Gasteiger partial charge in [0.05, 0.1) is 24.9 Å². The maximum atomic E-state index is 11.7. The van der Waals surface area contributed by atoms with E-state index in [1.165, 1.54) is 12.8 Å². The summed E-state index contributed by atoms with van der Waals surface area (Å²) in [6.45, 7) is 4.83. The average Bonchev–Trinajstić information content (AvgIpc) is 2.46.